The molecule has 1 aliphatic heterocycles. The van der Waals surface area contributed by atoms with Gasteiger partial charge in [-0.15, -0.1) is 0 Å². The summed E-state index contributed by atoms with van der Waals surface area (Å²) in [5.41, 5.74) is 2.52. The zero-order chi connectivity index (χ0) is 28.8. The molecule has 0 radical (unpaired) electrons. The molecule has 1 amide bonds. The molecule has 1 unspecified atom stereocenters. The molecule has 1 aliphatic rings. The van der Waals surface area contributed by atoms with Crippen molar-refractivity contribution < 1.29 is 24.2 Å². The molecule has 0 bridgehead atoms. The van der Waals surface area contributed by atoms with Crippen molar-refractivity contribution in [2.75, 3.05) is 11.5 Å². The normalized spacial score (nSPS) is 16.1. The standard InChI is InChI=1S/C35H33NO5/c1-3-4-10-22-40-27-20-18-25(19-21-27)33(37)31-32(36(35(39)34(31)38)30-17-9-8-12-24(30)2)26-13-11-16-29(23-26)41-28-14-6-5-7-15-28/h5-9,11-21,23,32,37H,3-4,10,22H2,1-2H3/b33-31-. The number of ketones is 1. The van der Waals surface area contributed by atoms with Gasteiger partial charge in [0.1, 0.15) is 23.0 Å². The van der Waals surface area contributed by atoms with Gasteiger partial charge in [0.25, 0.3) is 11.7 Å². The number of amides is 1. The minimum absolute atomic E-state index is 0.0201. The molecule has 1 atom stereocenters. The third-order valence-corrected chi connectivity index (χ3v) is 7.12. The van der Waals surface area contributed by atoms with Gasteiger partial charge in [-0.25, -0.2) is 0 Å². The second-order valence-corrected chi connectivity index (χ2v) is 10.0. The number of carbonyl (C=O) groups is 2. The lowest BCUT2D eigenvalue weighted by molar-refractivity contribution is -0.132. The molecule has 1 saturated heterocycles. The van der Waals surface area contributed by atoms with Crippen molar-refractivity contribution in [2.45, 2.75) is 39.2 Å². The smallest absolute Gasteiger partial charge is 0.300 e. The number of ether oxygens (including phenoxy) is 2. The lowest BCUT2D eigenvalue weighted by atomic mass is 9.94. The van der Waals surface area contributed by atoms with Crippen LogP contribution < -0.4 is 14.4 Å². The number of anilines is 1. The highest BCUT2D eigenvalue weighted by molar-refractivity contribution is 6.51. The molecular weight excluding hydrogens is 514 g/mol. The quantitative estimate of drug-likeness (QED) is 0.0943. The molecule has 5 rings (SSSR count). The van der Waals surface area contributed by atoms with Crippen molar-refractivity contribution in [2.24, 2.45) is 0 Å². The summed E-state index contributed by atoms with van der Waals surface area (Å²) in [7, 11) is 0. The molecule has 0 spiro atoms. The SMILES string of the molecule is CCCCCOc1ccc(/C(O)=C2/C(=O)C(=O)N(c3ccccc3C)C2c2cccc(Oc3ccccc3)c2)cc1. The third kappa shape index (κ3) is 6.02. The van der Waals surface area contributed by atoms with Crippen LogP contribution in [0, 0.1) is 6.92 Å². The summed E-state index contributed by atoms with van der Waals surface area (Å²) in [6.45, 7) is 4.64. The maximum atomic E-state index is 13.6. The van der Waals surface area contributed by atoms with E-state index in [0.29, 0.717) is 40.7 Å². The van der Waals surface area contributed by atoms with Crippen molar-refractivity contribution >= 4 is 23.1 Å². The van der Waals surface area contributed by atoms with Crippen LogP contribution in [-0.4, -0.2) is 23.4 Å². The summed E-state index contributed by atoms with van der Waals surface area (Å²) < 4.78 is 11.9. The minimum atomic E-state index is -0.861. The number of rotatable bonds is 10. The number of aliphatic hydroxyl groups is 1. The number of Topliss-reactive ketones (excluding diaryl/α,β-unsaturated/α-hetero) is 1. The Morgan fingerprint density at radius 1 is 0.805 bits per heavy atom. The molecule has 6 nitrogen and oxygen atoms in total. The molecule has 1 fully saturated rings. The van der Waals surface area contributed by atoms with Crippen LogP contribution >= 0.6 is 0 Å². The van der Waals surface area contributed by atoms with Gasteiger partial charge in [-0.3, -0.25) is 14.5 Å². The van der Waals surface area contributed by atoms with Crippen molar-refractivity contribution in [1.82, 2.24) is 0 Å². The van der Waals surface area contributed by atoms with Gasteiger partial charge in [0.05, 0.1) is 18.2 Å². The largest absolute Gasteiger partial charge is 0.507 e. The van der Waals surface area contributed by atoms with E-state index in [-0.39, 0.29) is 11.3 Å². The van der Waals surface area contributed by atoms with E-state index in [9.17, 15) is 14.7 Å². The van der Waals surface area contributed by atoms with E-state index in [0.717, 1.165) is 24.8 Å². The average Bonchev–Trinajstić information content (AvgIpc) is 3.26. The van der Waals surface area contributed by atoms with Gasteiger partial charge in [-0.1, -0.05) is 68.3 Å². The maximum absolute atomic E-state index is 13.6. The first-order valence-electron chi connectivity index (χ1n) is 13.9. The molecule has 4 aromatic carbocycles. The van der Waals surface area contributed by atoms with E-state index in [1.807, 2.05) is 79.7 Å². The minimum Gasteiger partial charge on any atom is -0.507 e. The summed E-state index contributed by atoms with van der Waals surface area (Å²) in [6, 6.07) is 30.1. The lowest BCUT2D eigenvalue weighted by Crippen LogP contribution is -2.30. The maximum Gasteiger partial charge on any atom is 0.300 e. The Kier molecular flexibility index (Phi) is 8.49. The lowest BCUT2D eigenvalue weighted by Gasteiger charge is -2.27. The third-order valence-electron chi connectivity index (χ3n) is 7.12. The summed E-state index contributed by atoms with van der Waals surface area (Å²) >= 11 is 0. The van der Waals surface area contributed by atoms with Crippen molar-refractivity contribution in [3.05, 3.63) is 125 Å². The van der Waals surface area contributed by atoms with Crippen molar-refractivity contribution in [1.29, 1.82) is 0 Å². The number of para-hydroxylation sites is 2. The number of unbranched alkanes of at least 4 members (excludes halogenated alkanes) is 2. The Bertz CT molecular complexity index is 1560. The molecule has 0 saturated carbocycles. The zero-order valence-corrected chi connectivity index (χ0v) is 23.2. The van der Waals surface area contributed by atoms with Crippen LogP contribution in [0.2, 0.25) is 0 Å². The van der Waals surface area contributed by atoms with Crippen molar-refractivity contribution in [3.63, 3.8) is 0 Å². The number of benzene rings is 4. The predicted molar refractivity (Wildman–Crippen MR) is 160 cm³/mol. The van der Waals surface area contributed by atoms with Crippen LogP contribution in [0.3, 0.4) is 0 Å². The highest BCUT2D eigenvalue weighted by Crippen LogP contribution is 2.44. The highest BCUT2D eigenvalue weighted by atomic mass is 16.5. The zero-order valence-electron chi connectivity index (χ0n) is 23.2. The van der Waals surface area contributed by atoms with E-state index < -0.39 is 17.7 Å². The average molecular weight is 548 g/mol. The Labute approximate surface area is 240 Å². The molecule has 4 aromatic rings. The summed E-state index contributed by atoms with van der Waals surface area (Å²) in [5, 5.41) is 11.5. The van der Waals surface area contributed by atoms with Crippen LogP contribution in [0.15, 0.2) is 109 Å². The van der Waals surface area contributed by atoms with Crippen LogP contribution in [0.1, 0.15) is 48.9 Å². The molecule has 0 aromatic heterocycles. The summed E-state index contributed by atoms with van der Waals surface area (Å²) in [6.07, 6.45) is 3.17. The Morgan fingerprint density at radius 3 is 2.24 bits per heavy atom. The summed E-state index contributed by atoms with van der Waals surface area (Å²) in [5.74, 6) is 0.209. The molecule has 208 valence electrons. The van der Waals surface area contributed by atoms with Gasteiger partial charge in [-0.05, 0) is 79.1 Å². The Morgan fingerprint density at radius 2 is 1.51 bits per heavy atom. The number of hydrogen-bond acceptors (Lipinski definition) is 5. The molecule has 41 heavy (non-hydrogen) atoms. The van der Waals surface area contributed by atoms with Gasteiger partial charge in [0, 0.05) is 11.3 Å². The van der Waals surface area contributed by atoms with Gasteiger partial charge in [-0.2, -0.15) is 0 Å². The van der Waals surface area contributed by atoms with E-state index in [1.54, 1.807) is 30.3 Å². The summed E-state index contributed by atoms with van der Waals surface area (Å²) in [4.78, 5) is 28.6. The monoisotopic (exact) mass is 547 g/mol. The Balaban J connectivity index is 1.56. The van der Waals surface area contributed by atoms with Crippen LogP contribution in [-0.2, 0) is 9.59 Å². The van der Waals surface area contributed by atoms with Crippen LogP contribution in [0.4, 0.5) is 5.69 Å². The van der Waals surface area contributed by atoms with Gasteiger partial charge < -0.3 is 14.6 Å². The molecule has 6 heteroatoms. The first kappa shape index (κ1) is 27.7. The fraction of sp³-hybridized carbons (Fsp3) is 0.200. The number of carbonyl (C=O) groups excluding carboxylic acids is 2. The topological polar surface area (TPSA) is 76.1 Å². The fourth-order valence-corrected chi connectivity index (χ4v) is 5.01. The molecule has 0 aliphatic carbocycles. The first-order chi connectivity index (χ1) is 20.0. The molecule has 1 heterocycles. The highest BCUT2D eigenvalue weighted by Gasteiger charge is 2.47. The number of hydrogen-bond donors (Lipinski definition) is 1. The molecule has 1 N–H and O–H groups in total. The van der Waals surface area contributed by atoms with Crippen LogP contribution in [0.25, 0.3) is 5.76 Å². The van der Waals surface area contributed by atoms with Crippen molar-refractivity contribution in [3.8, 4) is 17.2 Å². The predicted octanol–water partition coefficient (Wildman–Crippen LogP) is 7.98. The van der Waals surface area contributed by atoms with E-state index >= 15 is 0 Å². The second kappa shape index (κ2) is 12.6. The van der Waals surface area contributed by atoms with E-state index in [2.05, 4.69) is 6.92 Å². The first-order valence-corrected chi connectivity index (χ1v) is 13.9. The molecular formula is C35H33NO5. The number of nitrogens with zero attached hydrogens (tertiary/aromatic N) is 1. The number of aliphatic hydroxyl groups excluding tert-OH is 1. The second-order valence-electron chi connectivity index (χ2n) is 10.0. The van der Waals surface area contributed by atoms with Crippen LogP contribution in [0.5, 0.6) is 17.2 Å². The van der Waals surface area contributed by atoms with Gasteiger partial charge >= 0.3 is 0 Å². The van der Waals surface area contributed by atoms with Gasteiger partial charge in [0.15, 0.2) is 0 Å². The number of aryl methyl sites for hydroxylation is 1. The van der Waals surface area contributed by atoms with Gasteiger partial charge in [0.2, 0.25) is 0 Å². The van der Waals surface area contributed by atoms with E-state index in [1.165, 1.54) is 4.90 Å². The Hall–Kier alpha value is -4.84. The fourth-order valence-electron chi connectivity index (χ4n) is 5.01. The van der Waals surface area contributed by atoms with E-state index in [4.69, 9.17) is 9.47 Å².